The first-order valence-corrected chi connectivity index (χ1v) is 6.13. The van der Waals surface area contributed by atoms with Gasteiger partial charge in [0.05, 0.1) is 0 Å². The first-order valence-electron chi connectivity index (χ1n) is 6.13. The molecule has 96 valence electrons. The second-order valence-electron chi connectivity index (χ2n) is 4.36. The summed E-state index contributed by atoms with van der Waals surface area (Å²) in [6.07, 6.45) is 8.54. The van der Waals surface area contributed by atoms with E-state index in [-0.39, 0.29) is 11.9 Å². The van der Waals surface area contributed by atoms with Crippen molar-refractivity contribution in [1.82, 2.24) is 10.6 Å². The van der Waals surface area contributed by atoms with Crippen LogP contribution in [-0.4, -0.2) is 25.0 Å². The van der Waals surface area contributed by atoms with Crippen LogP contribution in [0.1, 0.15) is 32.1 Å². The van der Waals surface area contributed by atoms with Gasteiger partial charge >= 0.3 is 6.03 Å². The number of hydrogen-bond acceptors (Lipinski definition) is 2. The molecule has 5 heteroatoms. The first-order chi connectivity index (χ1) is 8.18. The number of carbonyl (C=O) groups excluding carboxylic acids is 2. The van der Waals surface area contributed by atoms with Crippen molar-refractivity contribution in [3.63, 3.8) is 0 Å². The summed E-state index contributed by atoms with van der Waals surface area (Å²) in [5.41, 5.74) is 4.99. The Bertz CT molecular complexity index is 289. The van der Waals surface area contributed by atoms with Crippen LogP contribution in [-0.2, 0) is 4.79 Å². The van der Waals surface area contributed by atoms with E-state index < -0.39 is 0 Å². The van der Waals surface area contributed by atoms with Crippen molar-refractivity contribution in [2.45, 2.75) is 32.1 Å². The van der Waals surface area contributed by atoms with Gasteiger partial charge in [0, 0.05) is 19.5 Å². The summed E-state index contributed by atoms with van der Waals surface area (Å²) in [6, 6.07) is -0.163. The second-order valence-corrected chi connectivity index (χ2v) is 4.36. The molecule has 3 amide bonds. The Morgan fingerprint density at radius 2 is 2.12 bits per heavy atom. The normalized spacial score (nSPS) is 18.7. The molecule has 0 radical (unpaired) electrons. The predicted octanol–water partition coefficient (Wildman–Crippen LogP) is 0.907. The minimum absolute atomic E-state index is 0.163. The highest BCUT2D eigenvalue weighted by molar-refractivity contribution is 5.74. The zero-order valence-corrected chi connectivity index (χ0v) is 10.1. The fourth-order valence-corrected chi connectivity index (χ4v) is 1.81. The van der Waals surface area contributed by atoms with Gasteiger partial charge in [0.1, 0.15) is 0 Å². The SMILES string of the molecule is NC(=O)CCCNC(=O)NC[C@@H]1CC=CCC1. The van der Waals surface area contributed by atoms with Gasteiger partial charge in [-0.2, -0.15) is 0 Å². The molecule has 0 saturated carbocycles. The van der Waals surface area contributed by atoms with Crippen molar-refractivity contribution in [3.8, 4) is 0 Å². The van der Waals surface area contributed by atoms with Crippen molar-refractivity contribution in [3.05, 3.63) is 12.2 Å². The van der Waals surface area contributed by atoms with E-state index in [1.165, 1.54) is 0 Å². The van der Waals surface area contributed by atoms with Crippen LogP contribution in [0.5, 0.6) is 0 Å². The number of urea groups is 1. The predicted molar refractivity (Wildman–Crippen MR) is 66.3 cm³/mol. The lowest BCUT2D eigenvalue weighted by molar-refractivity contribution is -0.118. The van der Waals surface area contributed by atoms with Gasteiger partial charge in [0.15, 0.2) is 0 Å². The summed E-state index contributed by atoms with van der Waals surface area (Å²) < 4.78 is 0. The molecule has 4 N–H and O–H groups in total. The van der Waals surface area contributed by atoms with Crippen LogP contribution in [0.25, 0.3) is 0 Å². The second kappa shape index (κ2) is 7.70. The van der Waals surface area contributed by atoms with E-state index in [9.17, 15) is 9.59 Å². The van der Waals surface area contributed by atoms with Gasteiger partial charge in [-0.25, -0.2) is 4.79 Å². The molecule has 17 heavy (non-hydrogen) atoms. The summed E-state index contributed by atoms with van der Waals surface area (Å²) in [4.78, 5) is 21.8. The summed E-state index contributed by atoms with van der Waals surface area (Å²) >= 11 is 0. The van der Waals surface area contributed by atoms with Gasteiger partial charge in [0.2, 0.25) is 5.91 Å². The number of primary amides is 1. The minimum Gasteiger partial charge on any atom is -0.370 e. The minimum atomic E-state index is -0.332. The maximum absolute atomic E-state index is 11.4. The third-order valence-corrected chi connectivity index (χ3v) is 2.81. The third-order valence-electron chi connectivity index (χ3n) is 2.81. The molecular weight excluding hydrogens is 218 g/mol. The Hall–Kier alpha value is -1.52. The maximum atomic E-state index is 11.4. The highest BCUT2D eigenvalue weighted by Gasteiger charge is 2.10. The highest BCUT2D eigenvalue weighted by Crippen LogP contribution is 2.16. The van der Waals surface area contributed by atoms with Gasteiger partial charge in [-0.1, -0.05) is 12.2 Å². The molecule has 1 aliphatic rings. The molecule has 5 nitrogen and oxygen atoms in total. The van der Waals surface area contributed by atoms with Gasteiger partial charge in [0.25, 0.3) is 0 Å². The highest BCUT2D eigenvalue weighted by atomic mass is 16.2. The molecule has 0 bridgehead atoms. The van der Waals surface area contributed by atoms with E-state index in [1.807, 2.05) is 0 Å². The van der Waals surface area contributed by atoms with E-state index in [4.69, 9.17) is 5.73 Å². The number of hydrogen-bond donors (Lipinski definition) is 3. The summed E-state index contributed by atoms with van der Waals surface area (Å²) in [5, 5.41) is 5.54. The largest absolute Gasteiger partial charge is 0.370 e. The molecular formula is C12H21N3O2. The average Bonchev–Trinajstić information content (AvgIpc) is 2.33. The van der Waals surface area contributed by atoms with Gasteiger partial charge < -0.3 is 16.4 Å². The number of allylic oxidation sites excluding steroid dienone is 2. The first kappa shape index (κ1) is 13.5. The summed E-state index contributed by atoms with van der Waals surface area (Å²) in [7, 11) is 0. The van der Waals surface area contributed by atoms with Crippen molar-refractivity contribution in [1.29, 1.82) is 0 Å². The zero-order chi connectivity index (χ0) is 12.5. The maximum Gasteiger partial charge on any atom is 0.314 e. The molecule has 1 atom stereocenters. The average molecular weight is 239 g/mol. The van der Waals surface area contributed by atoms with E-state index in [0.29, 0.717) is 31.8 Å². The topological polar surface area (TPSA) is 84.2 Å². The lowest BCUT2D eigenvalue weighted by Gasteiger charge is -2.18. The molecule has 0 aromatic rings. The number of nitrogens with two attached hydrogens (primary N) is 1. The Balaban J connectivity index is 2.00. The fraction of sp³-hybridized carbons (Fsp3) is 0.667. The van der Waals surface area contributed by atoms with E-state index in [0.717, 1.165) is 19.3 Å². The zero-order valence-electron chi connectivity index (χ0n) is 10.1. The number of rotatable bonds is 6. The number of carbonyl (C=O) groups is 2. The Labute approximate surface area is 102 Å². The smallest absolute Gasteiger partial charge is 0.314 e. The van der Waals surface area contributed by atoms with E-state index in [2.05, 4.69) is 22.8 Å². The van der Waals surface area contributed by atoms with Crippen LogP contribution in [0, 0.1) is 5.92 Å². The lowest BCUT2D eigenvalue weighted by atomic mass is 9.94. The van der Waals surface area contributed by atoms with Crippen molar-refractivity contribution in [2.24, 2.45) is 11.7 Å². The summed E-state index contributed by atoms with van der Waals surface area (Å²) in [5.74, 6) is 0.220. The number of nitrogens with one attached hydrogen (secondary N) is 2. The molecule has 0 fully saturated rings. The third kappa shape index (κ3) is 6.60. The van der Waals surface area contributed by atoms with Crippen LogP contribution in [0.4, 0.5) is 4.79 Å². The van der Waals surface area contributed by atoms with Gasteiger partial charge in [-0.05, 0) is 31.6 Å². The Kier molecular flexibility index (Phi) is 6.14. The molecule has 0 unspecified atom stereocenters. The van der Waals surface area contributed by atoms with Crippen molar-refractivity contribution in [2.75, 3.05) is 13.1 Å². The molecule has 0 aliphatic heterocycles. The van der Waals surface area contributed by atoms with Crippen LogP contribution < -0.4 is 16.4 Å². The van der Waals surface area contributed by atoms with E-state index >= 15 is 0 Å². The van der Waals surface area contributed by atoms with Gasteiger partial charge in [-0.15, -0.1) is 0 Å². The van der Waals surface area contributed by atoms with Crippen molar-refractivity contribution >= 4 is 11.9 Å². The van der Waals surface area contributed by atoms with Crippen LogP contribution in [0.15, 0.2) is 12.2 Å². The lowest BCUT2D eigenvalue weighted by Crippen LogP contribution is -2.39. The van der Waals surface area contributed by atoms with Crippen molar-refractivity contribution < 1.29 is 9.59 Å². The Morgan fingerprint density at radius 1 is 1.29 bits per heavy atom. The molecule has 0 saturated heterocycles. The van der Waals surface area contributed by atoms with Gasteiger partial charge in [-0.3, -0.25) is 4.79 Å². The molecule has 1 aliphatic carbocycles. The number of amides is 3. The quantitative estimate of drug-likeness (QED) is 0.475. The molecule has 0 aromatic heterocycles. The molecule has 0 spiro atoms. The molecule has 0 heterocycles. The summed E-state index contributed by atoms with van der Waals surface area (Å²) in [6.45, 7) is 1.20. The van der Waals surface area contributed by atoms with E-state index in [1.54, 1.807) is 0 Å². The van der Waals surface area contributed by atoms with Crippen LogP contribution in [0.3, 0.4) is 0 Å². The van der Waals surface area contributed by atoms with Crippen LogP contribution in [0.2, 0.25) is 0 Å². The fourth-order valence-electron chi connectivity index (χ4n) is 1.81. The molecule has 0 aromatic carbocycles. The monoisotopic (exact) mass is 239 g/mol. The standard InChI is InChI=1S/C12H21N3O2/c13-11(16)7-4-8-14-12(17)15-9-10-5-2-1-3-6-10/h1-2,10H,3-9H2,(H2,13,16)(H2,14,15,17)/t10-/m1/s1. The van der Waals surface area contributed by atoms with Crippen LogP contribution >= 0.6 is 0 Å². The Morgan fingerprint density at radius 3 is 2.76 bits per heavy atom. The molecule has 1 rings (SSSR count).